The molecular weight excluding hydrogens is 226 g/mol. The van der Waals surface area contributed by atoms with Gasteiger partial charge in [-0.15, -0.1) is 0 Å². The Bertz CT molecular complexity index is 358. The molecule has 18 heavy (non-hydrogen) atoms. The first-order valence-electron chi connectivity index (χ1n) is 6.94. The SMILES string of the molecule is CCCCCOc1c(CNC(C)C)c(C)nn1C. The molecule has 1 heterocycles. The molecule has 4 nitrogen and oxygen atoms in total. The summed E-state index contributed by atoms with van der Waals surface area (Å²) in [5.41, 5.74) is 2.24. The molecule has 0 spiro atoms. The summed E-state index contributed by atoms with van der Waals surface area (Å²) in [5, 5.41) is 7.86. The van der Waals surface area contributed by atoms with Crippen LogP contribution >= 0.6 is 0 Å². The number of aryl methyl sites for hydroxylation is 2. The van der Waals surface area contributed by atoms with E-state index in [1.807, 2.05) is 18.7 Å². The minimum absolute atomic E-state index is 0.470. The Labute approximate surface area is 111 Å². The second-order valence-corrected chi connectivity index (χ2v) is 5.08. The molecule has 0 unspecified atom stereocenters. The van der Waals surface area contributed by atoms with E-state index >= 15 is 0 Å². The lowest BCUT2D eigenvalue weighted by atomic mass is 10.2. The third kappa shape index (κ3) is 4.33. The fraction of sp³-hybridized carbons (Fsp3) is 0.786. The van der Waals surface area contributed by atoms with Gasteiger partial charge in [0.15, 0.2) is 0 Å². The summed E-state index contributed by atoms with van der Waals surface area (Å²) in [6.45, 7) is 10.1. The molecule has 0 aromatic carbocycles. The largest absolute Gasteiger partial charge is 0.478 e. The molecule has 0 saturated carbocycles. The van der Waals surface area contributed by atoms with Crippen molar-refractivity contribution in [3.8, 4) is 5.88 Å². The molecule has 0 amide bonds. The normalized spacial score (nSPS) is 11.2. The van der Waals surface area contributed by atoms with Gasteiger partial charge in [-0.1, -0.05) is 33.6 Å². The maximum Gasteiger partial charge on any atom is 0.216 e. The van der Waals surface area contributed by atoms with E-state index in [1.165, 1.54) is 18.4 Å². The molecule has 0 atom stereocenters. The average Bonchev–Trinajstić information content (AvgIpc) is 2.57. The van der Waals surface area contributed by atoms with E-state index in [-0.39, 0.29) is 0 Å². The van der Waals surface area contributed by atoms with E-state index in [2.05, 4.69) is 31.2 Å². The number of hydrogen-bond acceptors (Lipinski definition) is 3. The Morgan fingerprint density at radius 2 is 2.06 bits per heavy atom. The van der Waals surface area contributed by atoms with Crippen molar-refractivity contribution in [2.75, 3.05) is 6.61 Å². The smallest absolute Gasteiger partial charge is 0.216 e. The number of unbranched alkanes of at least 4 members (excludes halogenated alkanes) is 2. The van der Waals surface area contributed by atoms with Gasteiger partial charge < -0.3 is 10.1 Å². The van der Waals surface area contributed by atoms with Crippen molar-refractivity contribution in [1.82, 2.24) is 15.1 Å². The number of nitrogens with one attached hydrogen (secondary N) is 1. The van der Waals surface area contributed by atoms with Crippen molar-refractivity contribution in [3.05, 3.63) is 11.3 Å². The van der Waals surface area contributed by atoms with Crippen LogP contribution in [0.1, 0.15) is 51.3 Å². The molecule has 1 rings (SSSR count). The minimum atomic E-state index is 0.470. The summed E-state index contributed by atoms with van der Waals surface area (Å²) >= 11 is 0. The summed E-state index contributed by atoms with van der Waals surface area (Å²) < 4.78 is 7.73. The second kappa shape index (κ2) is 7.41. The highest BCUT2D eigenvalue weighted by molar-refractivity contribution is 5.30. The summed E-state index contributed by atoms with van der Waals surface area (Å²) in [6, 6.07) is 0.470. The maximum absolute atomic E-state index is 5.88. The van der Waals surface area contributed by atoms with Gasteiger partial charge in [-0.3, -0.25) is 0 Å². The lowest BCUT2D eigenvalue weighted by Crippen LogP contribution is -2.22. The van der Waals surface area contributed by atoms with Crippen molar-refractivity contribution in [1.29, 1.82) is 0 Å². The van der Waals surface area contributed by atoms with E-state index < -0.39 is 0 Å². The van der Waals surface area contributed by atoms with Gasteiger partial charge >= 0.3 is 0 Å². The average molecular weight is 253 g/mol. The molecule has 0 radical (unpaired) electrons. The molecule has 1 aromatic heterocycles. The zero-order chi connectivity index (χ0) is 13.5. The molecule has 1 aromatic rings. The van der Waals surface area contributed by atoms with E-state index in [1.54, 1.807) is 0 Å². The van der Waals surface area contributed by atoms with Crippen molar-refractivity contribution < 1.29 is 4.74 Å². The number of ether oxygens (including phenoxy) is 1. The van der Waals surface area contributed by atoms with Crippen LogP contribution in [0.25, 0.3) is 0 Å². The fourth-order valence-electron chi connectivity index (χ4n) is 1.89. The number of nitrogens with zero attached hydrogens (tertiary/aromatic N) is 2. The first-order valence-corrected chi connectivity index (χ1v) is 6.94. The maximum atomic E-state index is 5.88. The lowest BCUT2D eigenvalue weighted by molar-refractivity contribution is 0.277. The zero-order valence-electron chi connectivity index (χ0n) is 12.4. The third-order valence-corrected chi connectivity index (χ3v) is 2.96. The van der Waals surface area contributed by atoms with Crippen molar-refractivity contribution in [2.45, 2.75) is 59.5 Å². The monoisotopic (exact) mass is 253 g/mol. The van der Waals surface area contributed by atoms with Gasteiger partial charge in [0.2, 0.25) is 5.88 Å². The predicted octanol–water partition coefficient (Wildman–Crippen LogP) is 2.80. The van der Waals surface area contributed by atoms with E-state index in [9.17, 15) is 0 Å². The molecule has 0 aliphatic rings. The summed E-state index contributed by atoms with van der Waals surface area (Å²) in [4.78, 5) is 0. The molecule has 0 saturated heterocycles. The van der Waals surface area contributed by atoms with Crippen LogP contribution in [-0.2, 0) is 13.6 Å². The van der Waals surface area contributed by atoms with Gasteiger partial charge in [-0.2, -0.15) is 5.10 Å². The third-order valence-electron chi connectivity index (χ3n) is 2.96. The topological polar surface area (TPSA) is 39.1 Å². The Balaban J connectivity index is 2.63. The molecule has 0 bridgehead atoms. The van der Waals surface area contributed by atoms with Crippen LogP contribution in [0, 0.1) is 6.92 Å². The number of aromatic nitrogens is 2. The molecule has 4 heteroatoms. The lowest BCUT2D eigenvalue weighted by Gasteiger charge is -2.11. The van der Waals surface area contributed by atoms with Crippen LogP contribution in [-0.4, -0.2) is 22.4 Å². The van der Waals surface area contributed by atoms with Gasteiger partial charge in [0.1, 0.15) is 0 Å². The Morgan fingerprint density at radius 3 is 2.67 bits per heavy atom. The van der Waals surface area contributed by atoms with E-state index in [4.69, 9.17) is 4.74 Å². The Hall–Kier alpha value is -1.03. The highest BCUT2D eigenvalue weighted by Crippen LogP contribution is 2.21. The molecule has 0 fully saturated rings. The van der Waals surface area contributed by atoms with Gasteiger partial charge in [-0.25, -0.2) is 4.68 Å². The van der Waals surface area contributed by atoms with Gasteiger partial charge in [0, 0.05) is 19.6 Å². The summed E-state index contributed by atoms with van der Waals surface area (Å²) in [5.74, 6) is 0.914. The zero-order valence-corrected chi connectivity index (χ0v) is 12.4. The molecule has 0 aliphatic heterocycles. The van der Waals surface area contributed by atoms with Crippen LogP contribution < -0.4 is 10.1 Å². The van der Waals surface area contributed by atoms with Crippen LogP contribution in [0.3, 0.4) is 0 Å². The highest BCUT2D eigenvalue weighted by atomic mass is 16.5. The van der Waals surface area contributed by atoms with Crippen molar-refractivity contribution in [2.24, 2.45) is 7.05 Å². The van der Waals surface area contributed by atoms with Crippen molar-refractivity contribution >= 4 is 0 Å². The Morgan fingerprint density at radius 1 is 1.33 bits per heavy atom. The number of hydrogen-bond donors (Lipinski definition) is 1. The van der Waals surface area contributed by atoms with Crippen LogP contribution in [0.4, 0.5) is 0 Å². The van der Waals surface area contributed by atoms with Gasteiger partial charge in [0.25, 0.3) is 0 Å². The Kier molecular flexibility index (Phi) is 6.19. The highest BCUT2D eigenvalue weighted by Gasteiger charge is 2.14. The minimum Gasteiger partial charge on any atom is -0.478 e. The first-order chi connectivity index (χ1) is 8.56. The number of rotatable bonds is 8. The first kappa shape index (κ1) is 15.0. The predicted molar refractivity (Wildman–Crippen MR) is 74.9 cm³/mol. The fourth-order valence-corrected chi connectivity index (χ4v) is 1.89. The molecule has 1 N–H and O–H groups in total. The van der Waals surface area contributed by atoms with Crippen LogP contribution in [0.5, 0.6) is 5.88 Å². The molecule has 0 aliphatic carbocycles. The standard InChI is InChI=1S/C14H27N3O/c1-6-7-8-9-18-14-13(10-15-11(2)3)12(4)16-17(14)5/h11,15H,6-10H2,1-5H3. The van der Waals surface area contributed by atoms with Gasteiger partial charge in [0.05, 0.1) is 17.9 Å². The molecule has 104 valence electrons. The molecular formula is C14H27N3O. The van der Waals surface area contributed by atoms with E-state index in [0.717, 1.165) is 31.1 Å². The second-order valence-electron chi connectivity index (χ2n) is 5.08. The summed E-state index contributed by atoms with van der Waals surface area (Å²) in [7, 11) is 1.95. The van der Waals surface area contributed by atoms with Crippen molar-refractivity contribution in [3.63, 3.8) is 0 Å². The van der Waals surface area contributed by atoms with Crippen LogP contribution in [0.15, 0.2) is 0 Å². The van der Waals surface area contributed by atoms with Gasteiger partial charge in [-0.05, 0) is 13.3 Å². The quantitative estimate of drug-likeness (QED) is 0.724. The summed E-state index contributed by atoms with van der Waals surface area (Å²) in [6.07, 6.45) is 3.55. The van der Waals surface area contributed by atoms with Crippen LogP contribution in [0.2, 0.25) is 0 Å². The van der Waals surface area contributed by atoms with E-state index in [0.29, 0.717) is 6.04 Å².